The van der Waals surface area contributed by atoms with Crippen molar-refractivity contribution in [3.63, 3.8) is 0 Å². The first-order valence-corrected chi connectivity index (χ1v) is 6.47. The third-order valence-electron chi connectivity index (χ3n) is 3.72. The smallest absolute Gasteiger partial charge is 0.00431 e. The average molecular weight is 217 g/mol. The molecule has 1 aromatic rings. The Morgan fingerprint density at radius 3 is 2.38 bits per heavy atom. The van der Waals surface area contributed by atoms with E-state index in [4.69, 9.17) is 0 Å². The van der Waals surface area contributed by atoms with Gasteiger partial charge in [0.05, 0.1) is 0 Å². The molecule has 1 heteroatoms. The first kappa shape index (κ1) is 11.7. The van der Waals surface area contributed by atoms with Crippen molar-refractivity contribution in [3.8, 4) is 0 Å². The minimum Gasteiger partial charge on any atom is -0.317 e. The van der Waals surface area contributed by atoms with Crippen molar-refractivity contribution in [2.75, 3.05) is 13.1 Å². The van der Waals surface area contributed by atoms with Gasteiger partial charge in [-0.25, -0.2) is 0 Å². The van der Waals surface area contributed by atoms with Crippen LogP contribution in [0.5, 0.6) is 0 Å². The highest BCUT2D eigenvalue weighted by atomic mass is 14.8. The molecule has 1 aromatic carbocycles. The lowest BCUT2D eigenvalue weighted by Gasteiger charge is -2.20. The lowest BCUT2D eigenvalue weighted by molar-refractivity contribution is 0.603. The quantitative estimate of drug-likeness (QED) is 0.759. The highest BCUT2D eigenvalue weighted by Crippen LogP contribution is 2.31. The van der Waals surface area contributed by atoms with Gasteiger partial charge in [0, 0.05) is 0 Å². The zero-order valence-corrected chi connectivity index (χ0v) is 10.8. The second kappa shape index (κ2) is 5.01. The van der Waals surface area contributed by atoms with Crippen molar-refractivity contribution in [1.82, 2.24) is 5.32 Å². The van der Waals surface area contributed by atoms with Crippen LogP contribution < -0.4 is 5.32 Å². The Balaban J connectivity index is 2.31. The average Bonchev–Trinajstić information content (AvgIpc) is 2.44. The minimum absolute atomic E-state index is 0.774. The monoisotopic (exact) mass is 217 g/mol. The van der Waals surface area contributed by atoms with Crippen molar-refractivity contribution < 1.29 is 0 Å². The molecule has 1 aliphatic heterocycles. The second-order valence-corrected chi connectivity index (χ2v) is 5.19. The third-order valence-corrected chi connectivity index (χ3v) is 3.72. The number of hydrogen-bond donors (Lipinski definition) is 1. The van der Waals surface area contributed by atoms with Crippen molar-refractivity contribution >= 4 is 0 Å². The number of nitrogens with one attached hydrogen (secondary N) is 1. The molecule has 2 rings (SSSR count). The van der Waals surface area contributed by atoms with Crippen LogP contribution in [0.4, 0.5) is 0 Å². The van der Waals surface area contributed by atoms with E-state index < -0.39 is 0 Å². The van der Waals surface area contributed by atoms with Gasteiger partial charge in [-0.2, -0.15) is 0 Å². The summed E-state index contributed by atoms with van der Waals surface area (Å²) in [5.74, 6) is 0.774. The molecule has 1 atom stereocenters. The SMILES string of the molecule is Cc1cc(C)c(C2CCCNCC2)c(C)c1. The third kappa shape index (κ3) is 2.46. The first-order chi connectivity index (χ1) is 7.68. The highest BCUT2D eigenvalue weighted by molar-refractivity contribution is 5.40. The topological polar surface area (TPSA) is 12.0 Å². The lowest BCUT2D eigenvalue weighted by Crippen LogP contribution is -2.14. The van der Waals surface area contributed by atoms with Crippen molar-refractivity contribution in [1.29, 1.82) is 0 Å². The van der Waals surface area contributed by atoms with E-state index in [2.05, 4.69) is 38.2 Å². The summed E-state index contributed by atoms with van der Waals surface area (Å²) in [7, 11) is 0. The molecule has 0 saturated carbocycles. The summed E-state index contributed by atoms with van der Waals surface area (Å²) in [5.41, 5.74) is 5.99. The van der Waals surface area contributed by atoms with Crippen LogP contribution in [0, 0.1) is 20.8 Å². The maximum Gasteiger partial charge on any atom is -0.00431 e. The molecule has 1 heterocycles. The van der Waals surface area contributed by atoms with Crippen LogP contribution in [-0.4, -0.2) is 13.1 Å². The Bertz CT molecular complexity index is 337. The maximum atomic E-state index is 3.50. The highest BCUT2D eigenvalue weighted by Gasteiger charge is 2.17. The minimum atomic E-state index is 0.774. The van der Waals surface area contributed by atoms with Gasteiger partial charge < -0.3 is 5.32 Å². The molecule has 0 bridgehead atoms. The van der Waals surface area contributed by atoms with E-state index >= 15 is 0 Å². The van der Waals surface area contributed by atoms with Gasteiger partial charge in [0.1, 0.15) is 0 Å². The molecule has 16 heavy (non-hydrogen) atoms. The van der Waals surface area contributed by atoms with E-state index in [1.165, 1.54) is 49.0 Å². The molecule has 88 valence electrons. The Morgan fingerprint density at radius 2 is 1.69 bits per heavy atom. The Kier molecular flexibility index (Phi) is 3.65. The zero-order chi connectivity index (χ0) is 11.5. The molecule has 1 aliphatic rings. The molecular formula is C15H23N. The van der Waals surface area contributed by atoms with E-state index in [0.29, 0.717) is 0 Å². The number of hydrogen-bond acceptors (Lipinski definition) is 1. The molecule has 0 aliphatic carbocycles. The Hall–Kier alpha value is -0.820. The largest absolute Gasteiger partial charge is 0.317 e. The van der Waals surface area contributed by atoms with Gasteiger partial charge >= 0.3 is 0 Å². The van der Waals surface area contributed by atoms with E-state index in [1.54, 1.807) is 5.56 Å². The molecule has 0 aromatic heterocycles. The molecule has 1 unspecified atom stereocenters. The van der Waals surface area contributed by atoms with Crippen molar-refractivity contribution in [2.24, 2.45) is 0 Å². The fourth-order valence-corrected chi connectivity index (χ4v) is 3.14. The van der Waals surface area contributed by atoms with E-state index in [9.17, 15) is 0 Å². The van der Waals surface area contributed by atoms with E-state index in [-0.39, 0.29) is 0 Å². The standard InChI is InChI=1S/C15H23N/c1-11-9-12(2)15(13(3)10-11)14-5-4-7-16-8-6-14/h9-10,14,16H,4-8H2,1-3H3. The van der Waals surface area contributed by atoms with Crippen LogP contribution >= 0.6 is 0 Å². The summed E-state index contributed by atoms with van der Waals surface area (Å²) in [5, 5.41) is 3.50. The van der Waals surface area contributed by atoms with Crippen LogP contribution in [-0.2, 0) is 0 Å². The van der Waals surface area contributed by atoms with Crippen LogP contribution in [0.2, 0.25) is 0 Å². The van der Waals surface area contributed by atoms with Gasteiger partial charge in [-0.1, -0.05) is 17.7 Å². The lowest BCUT2D eigenvalue weighted by atomic mass is 9.85. The number of aryl methyl sites for hydroxylation is 3. The van der Waals surface area contributed by atoms with E-state index in [1.807, 2.05) is 0 Å². The van der Waals surface area contributed by atoms with Gasteiger partial charge in [0.2, 0.25) is 0 Å². The normalized spacial score (nSPS) is 21.8. The Labute approximate surface area is 99.3 Å². The number of benzene rings is 1. The molecule has 1 saturated heterocycles. The summed E-state index contributed by atoms with van der Waals surface area (Å²) >= 11 is 0. The summed E-state index contributed by atoms with van der Waals surface area (Å²) < 4.78 is 0. The molecular weight excluding hydrogens is 194 g/mol. The molecule has 0 spiro atoms. The van der Waals surface area contributed by atoms with Crippen LogP contribution in [0.3, 0.4) is 0 Å². The van der Waals surface area contributed by atoms with E-state index in [0.717, 1.165) is 5.92 Å². The second-order valence-electron chi connectivity index (χ2n) is 5.19. The first-order valence-electron chi connectivity index (χ1n) is 6.47. The van der Waals surface area contributed by atoms with Crippen LogP contribution in [0.1, 0.15) is 47.4 Å². The van der Waals surface area contributed by atoms with Crippen LogP contribution in [0.15, 0.2) is 12.1 Å². The summed E-state index contributed by atoms with van der Waals surface area (Å²) in [6, 6.07) is 4.67. The maximum absolute atomic E-state index is 3.50. The summed E-state index contributed by atoms with van der Waals surface area (Å²) in [6.07, 6.45) is 3.96. The van der Waals surface area contributed by atoms with Gasteiger partial charge in [-0.15, -0.1) is 0 Å². The summed E-state index contributed by atoms with van der Waals surface area (Å²) in [6.45, 7) is 9.11. The van der Waals surface area contributed by atoms with Gasteiger partial charge in [0.25, 0.3) is 0 Å². The molecule has 0 radical (unpaired) electrons. The molecule has 1 fully saturated rings. The zero-order valence-electron chi connectivity index (χ0n) is 10.8. The van der Waals surface area contributed by atoms with Crippen molar-refractivity contribution in [3.05, 3.63) is 34.4 Å². The van der Waals surface area contributed by atoms with Crippen molar-refractivity contribution in [2.45, 2.75) is 46.0 Å². The predicted octanol–water partition coefficient (Wildman–Crippen LogP) is 3.47. The summed E-state index contributed by atoms with van der Waals surface area (Å²) in [4.78, 5) is 0. The fraction of sp³-hybridized carbons (Fsp3) is 0.600. The van der Waals surface area contributed by atoms with Gasteiger partial charge in [-0.05, 0) is 75.7 Å². The predicted molar refractivity (Wildman–Crippen MR) is 70.1 cm³/mol. The van der Waals surface area contributed by atoms with Crippen LogP contribution in [0.25, 0.3) is 0 Å². The number of rotatable bonds is 1. The molecule has 1 nitrogen and oxygen atoms in total. The fourth-order valence-electron chi connectivity index (χ4n) is 3.14. The molecule has 1 N–H and O–H groups in total. The van der Waals surface area contributed by atoms with Gasteiger partial charge in [-0.3, -0.25) is 0 Å². The Morgan fingerprint density at radius 1 is 1.00 bits per heavy atom. The molecule has 0 amide bonds. The van der Waals surface area contributed by atoms with Gasteiger partial charge in [0.15, 0.2) is 0 Å².